The molecule has 0 N–H and O–H groups in total. The monoisotopic (exact) mass is 568 g/mol. The predicted molar refractivity (Wildman–Crippen MR) is 182 cm³/mol. The lowest BCUT2D eigenvalue weighted by Gasteiger charge is -2.14. The fourth-order valence-corrected chi connectivity index (χ4v) is 7.19. The molecule has 3 aromatic heterocycles. The van der Waals surface area contributed by atoms with Gasteiger partial charge in [-0.05, 0) is 11.5 Å². The number of allylic oxidation sites excluding steroid dienone is 4. The minimum Gasteiger partial charge on any atom is -0.243 e. The van der Waals surface area contributed by atoms with Crippen LogP contribution in [0.15, 0.2) is 135 Å². The van der Waals surface area contributed by atoms with Crippen LogP contribution in [0, 0.1) is 0 Å². The number of thiophene rings is 1. The number of aromatic nitrogens is 4. The first kappa shape index (κ1) is 25.2. The van der Waals surface area contributed by atoms with Gasteiger partial charge >= 0.3 is 0 Å². The van der Waals surface area contributed by atoms with Crippen molar-refractivity contribution in [2.45, 2.75) is 0 Å². The summed E-state index contributed by atoms with van der Waals surface area (Å²) >= 11 is 1.84. The molecule has 0 saturated carbocycles. The summed E-state index contributed by atoms with van der Waals surface area (Å²) in [4.78, 5) is 20.3. The molecule has 8 rings (SSSR count). The minimum absolute atomic E-state index is 0.512. The van der Waals surface area contributed by atoms with Crippen LogP contribution >= 0.6 is 11.3 Å². The Kier molecular flexibility index (Phi) is 5.91. The Morgan fingerprint density at radius 3 is 2.00 bits per heavy atom. The number of rotatable bonds is 5. The Bertz CT molecular complexity index is 2440. The molecule has 3 heterocycles. The van der Waals surface area contributed by atoms with Gasteiger partial charge in [0.2, 0.25) is 0 Å². The van der Waals surface area contributed by atoms with E-state index in [9.17, 15) is 0 Å². The van der Waals surface area contributed by atoms with Gasteiger partial charge in [0.05, 0.1) is 5.52 Å². The Morgan fingerprint density at radius 2 is 1.23 bits per heavy atom. The first-order chi connectivity index (χ1) is 21.2. The average molecular weight is 569 g/mol. The highest BCUT2D eigenvalue weighted by molar-refractivity contribution is 7.27. The van der Waals surface area contributed by atoms with E-state index in [4.69, 9.17) is 19.9 Å². The Balaban J connectivity index is 1.55. The lowest BCUT2D eigenvalue weighted by Crippen LogP contribution is -2.04. The van der Waals surface area contributed by atoms with Crippen LogP contribution < -0.4 is 0 Å². The zero-order valence-electron chi connectivity index (χ0n) is 23.2. The first-order valence-electron chi connectivity index (χ1n) is 14.1. The van der Waals surface area contributed by atoms with Gasteiger partial charge in [0.15, 0.2) is 17.5 Å². The standard InChI is InChI=1S/C38H24N4S/c1-3-14-23(4-2)36-40-37(24-15-6-5-7-16-24)42-38(41-36)34-26-18-9-8-17-25(26)31-32-29-21-12-13-22-30(29)43-35(32)28-20-11-10-19-27(28)33(31)39-34/h3-22H,1-2H2/b23-14+. The van der Waals surface area contributed by atoms with Crippen molar-refractivity contribution in [3.63, 3.8) is 0 Å². The molecule has 8 aromatic rings. The predicted octanol–water partition coefficient (Wildman–Crippen LogP) is 10.2. The topological polar surface area (TPSA) is 51.6 Å². The lowest BCUT2D eigenvalue weighted by atomic mass is 9.95. The first-order valence-corrected chi connectivity index (χ1v) is 14.9. The molecule has 4 nitrogen and oxygen atoms in total. The van der Waals surface area contributed by atoms with E-state index in [2.05, 4.69) is 86.0 Å². The van der Waals surface area contributed by atoms with Gasteiger partial charge in [0, 0.05) is 52.9 Å². The van der Waals surface area contributed by atoms with Crippen molar-refractivity contribution in [2.24, 2.45) is 0 Å². The van der Waals surface area contributed by atoms with Crippen molar-refractivity contribution in [3.8, 4) is 22.9 Å². The van der Waals surface area contributed by atoms with E-state index >= 15 is 0 Å². The Morgan fingerprint density at radius 1 is 0.581 bits per heavy atom. The van der Waals surface area contributed by atoms with Crippen molar-refractivity contribution in [2.75, 3.05) is 0 Å². The molecule has 0 spiro atoms. The van der Waals surface area contributed by atoms with Crippen molar-refractivity contribution >= 4 is 69.5 Å². The van der Waals surface area contributed by atoms with Crippen LogP contribution in [-0.2, 0) is 0 Å². The maximum absolute atomic E-state index is 5.43. The highest BCUT2D eigenvalue weighted by Gasteiger charge is 2.21. The molecule has 43 heavy (non-hydrogen) atoms. The van der Waals surface area contributed by atoms with E-state index < -0.39 is 0 Å². The van der Waals surface area contributed by atoms with Crippen LogP contribution in [0.25, 0.3) is 81.1 Å². The summed E-state index contributed by atoms with van der Waals surface area (Å²) in [6, 6.07) is 35.6. The van der Waals surface area contributed by atoms with Gasteiger partial charge in [-0.3, -0.25) is 0 Å². The molecule has 0 saturated heterocycles. The number of nitrogens with zero attached hydrogens (tertiary/aromatic N) is 4. The fraction of sp³-hybridized carbons (Fsp3) is 0. The summed E-state index contributed by atoms with van der Waals surface area (Å²) in [5, 5.41) is 8.07. The van der Waals surface area contributed by atoms with Crippen LogP contribution in [0.4, 0.5) is 0 Å². The van der Waals surface area contributed by atoms with Crippen molar-refractivity contribution in [3.05, 3.63) is 140 Å². The third-order valence-corrected chi connectivity index (χ3v) is 9.04. The number of benzene rings is 5. The molecular formula is C38H24N4S. The summed E-state index contributed by atoms with van der Waals surface area (Å²) in [6.45, 7) is 7.88. The van der Waals surface area contributed by atoms with Gasteiger partial charge in [-0.1, -0.05) is 128 Å². The molecule has 202 valence electrons. The maximum Gasteiger partial charge on any atom is 0.183 e. The zero-order chi connectivity index (χ0) is 28.9. The molecule has 0 unspecified atom stereocenters. The summed E-state index contributed by atoms with van der Waals surface area (Å²) in [7, 11) is 0. The fourth-order valence-electron chi connectivity index (χ4n) is 5.94. The van der Waals surface area contributed by atoms with E-state index in [1.54, 1.807) is 12.2 Å². The van der Waals surface area contributed by atoms with E-state index in [1.165, 1.54) is 25.6 Å². The Labute approximate surface area is 252 Å². The van der Waals surface area contributed by atoms with Crippen LogP contribution in [0.1, 0.15) is 5.82 Å². The second kappa shape index (κ2) is 10.1. The second-order valence-electron chi connectivity index (χ2n) is 10.3. The van der Waals surface area contributed by atoms with Gasteiger partial charge in [0.1, 0.15) is 5.69 Å². The highest BCUT2D eigenvalue weighted by atomic mass is 32.1. The average Bonchev–Trinajstić information content (AvgIpc) is 3.47. The smallest absolute Gasteiger partial charge is 0.183 e. The number of hydrogen-bond donors (Lipinski definition) is 0. The minimum atomic E-state index is 0.512. The number of fused-ring (bicyclic) bond motifs is 10. The number of hydrogen-bond acceptors (Lipinski definition) is 5. The van der Waals surface area contributed by atoms with Gasteiger partial charge in [0.25, 0.3) is 0 Å². The van der Waals surface area contributed by atoms with Crippen LogP contribution in [0.2, 0.25) is 0 Å². The number of pyridine rings is 1. The summed E-state index contributed by atoms with van der Waals surface area (Å²) in [5.74, 6) is 1.61. The Hall–Kier alpha value is -5.52. The largest absolute Gasteiger partial charge is 0.243 e. The van der Waals surface area contributed by atoms with E-state index in [1.807, 2.05) is 47.7 Å². The third-order valence-electron chi connectivity index (χ3n) is 7.84. The van der Waals surface area contributed by atoms with E-state index in [0.29, 0.717) is 17.5 Å². The van der Waals surface area contributed by atoms with E-state index in [-0.39, 0.29) is 0 Å². The van der Waals surface area contributed by atoms with Gasteiger partial charge in [-0.15, -0.1) is 11.3 Å². The molecule has 0 aliphatic heterocycles. The van der Waals surface area contributed by atoms with Crippen molar-refractivity contribution in [1.82, 2.24) is 19.9 Å². The summed E-state index contributed by atoms with van der Waals surface area (Å²) in [6.07, 6.45) is 5.32. The molecular weight excluding hydrogens is 545 g/mol. The van der Waals surface area contributed by atoms with Gasteiger partial charge < -0.3 is 0 Å². The molecule has 5 heteroatoms. The molecule has 0 aliphatic carbocycles. The zero-order valence-corrected chi connectivity index (χ0v) is 24.0. The molecule has 0 bridgehead atoms. The second-order valence-corrected chi connectivity index (χ2v) is 11.4. The molecule has 0 fully saturated rings. The molecule has 0 amide bonds. The van der Waals surface area contributed by atoms with Crippen molar-refractivity contribution in [1.29, 1.82) is 0 Å². The summed E-state index contributed by atoms with van der Waals surface area (Å²) < 4.78 is 2.55. The molecule has 0 atom stereocenters. The van der Waals surface area contributed by atoms with Crippen LogP contribution in [0.5, 0.6) is 0 Å². The SMILES string of the molecule is C=C/C=C(\C=C)c1nc(-c2ccccc2)nc(-c2nc3c4ccccc4c4sc5ccccc5c4c3c3ccccc23)n1. The maximum atomic E-state index is 5.43. The van der Waals surface area contributed by atoms with Gasteiger partial charge in [-0.25, -0.2) is 19.9 Å². The molecule has 5 aromatic carbocycles. The van der Waals surface area contributed by atoms with E-state index in [0.717, 1.165) is 43.9 Å². The highest BCUT2D eigenvalue weighted by Crippen LogP contribution is 2.46. The lowest BCUT2D eigenvalue weighted by molar-refractivity contribution is 1.03. The van der Waals surface area contributed by atoms with Gasteiger partial charge in [-0.2, -0.15) is 0 Å². The van der Waals surface area contributed by atoms with Crippen LogP contribution in [0.3, 0.4) is 0 Å². The third kappa shape index (κ3) is 3.97. The normalized spacial score (nSPS) is 12.0. The van der Waals surface area contributed by atoms with Crippen molar-refractivity contribution < 1.29 is 0 Å². The summed E-state index contributed by atoms with van der Waals surface area (Å²) in [5.41, 5.74) is 3.32. The molecule has 0 aliphatic rings. The van der Waals surface area contributed by atoms with Crippen LogP contribution in [-0.4, -0.2) is 19.9 Å². The molecule has 0 radical (unpaired) electrons. The quantitative estimate of drug-likeness (QED) is 0.153.